The molecule has 0 heterocycles. The van der Waals surface area contributed by atoms with E-state index in [1.807, 2.05) is 0 Å². The number of anilines is 1. The molecule has 1 unspecified atom stereocenters. The standard InChI is InChI=1S/C11H11F2NO4/c1-11(10(17)18,4-7(15)16)8-6(14)3-2-5(12)9(8)13/h2-3H,4,14H2,1H3,(H,15,16)(H,17,18). The Hall–Kier alpha value is -2.18. The molecule has 1 rings (SSSR count). The van der Waals surface area contributed by atoms with Crippen LogP contribution in [0, 0.1) is 11.6 Å². The second-order valence-corrected chi connectivity index (χ2v) is 4.03. The third kappa shape index (κ3) is 2.24. The SMILES string of the molecule is CC(CC(=O)O)(C(=O)O)c1c(N)ccc(F)c1F. The minimum Gasteiger partial charge on any atom is -0.481 e. The quantitative estimate of drug-likeness (QED) is 0.709. The molecular weight excluding hydrogens is 248 g/mol. The van der Waals surface area contributed by atoms with E-state index in [-0.39, 0.29) is 5.69 Å². The van der Waals surface area contributed by atoms with Crippen LogP contribution in [0.15, 0.2) is 12.1 Å². The summed E-state index contributed by atoms with van der Waals surface area (Å²) in [6.45, 7) is 0.984. The Morgan fingerprint density at radius 1 is 1.33 bits per heavy atom. The van der Waals surface area contributed by atoms with Gasteiger partial charge in [0, 0.05) is 11.3 Å². The molecule has 5 nitrogen and oxygen atoms in total. The van der Waals surface area contributed by atoms with Gasteiger partial charge in [0.25, 0.3) is 0 Å². The van der Waals surface area contributed by atoms with Gasteiger partial charge in [-0.3, -0.25) is 9.59 Å². The number of benzene rings is 1. The summed E-state index contributed by atoms with van der Waals surface area (Å²) in [7, 11) is 0. The molecule has 7 heteroatoms. The van der Waals surface area contributed by atoms with E-state index >= 15 is 0 Å². The summed E-state index contributed by atoms with van der Waals surface area (Å²) in [5.74, 6) is -5.78. The van der Waals surface area contributed by atoms with Crippen molar-refractivity contribution in [3.63, 3.8) is 0 Å². The molecule has 0 saturated carbocycles. The highest BCUT2D eigenvalue weighted by Gasteiger charge is 2.42. The zero-order valence-corrected chi connectivity index (χ0v) is 9.41. The molecule has 0 aliphatic rings. The molecule has 1 atom stereocenters. The van der Waals surface area contributed by atoms with Crippen LogP contribution in [0.4, 0.5) is 14.5 Å². The van der Waals surface area contributed by atoms with Crippen molar-refractivity contribution in [2.75, 3.05) is 5.73 Å². The highest BCUT2D eigenvalue weighted by molar-refractivity contribution is 5.88. The molecule has 98 valence electrons. The second kappa shape index (κ2) is 4.59. The molecule has 0 fully saturated rings. The van der Waals surface area contributed by atoms with Crippen LogP contribution in [0.3, 0.4) is 0 Å². The van der Waals surface area contributed by atoms with Gasteiger partial charge in [0.2, 0.25) is 0 Å². The van der Waals surface area contributed by atoms with Gasteiger partial charge in [0.05, 0.1) is 6.42 Å². The Morgan fingerprint density at radius 3 is 2.33 bits per heavy atom. The van der Waals surface area contributed by atoms with Gasteiger partial charge in [0.15, 0.2) is 11.6 Å². The van der Waals surface area contributed by atoms with Gasteiger partial charge < -0.3 is 15.9 Å². The van der Waals surface area contributed by atoms with E-state index < -0.39 is 41.0 Å². The number of hydrogen-bond acceptors (Lipinski definition) is 3. The summed E-state index contributed by atoms with van der Waals surface area (Å²) < 4.78 is 26.8. The van der Waals surface area contributed by atoms with Crippen molar-refractivity contribution < 1.29 is 28.6 Å². The molecule has 0 aliphatic heterocycles. The number of hydrogen-bond donors (Lipinski definition) is 3. The predicted molar refractivity (Wildman–Crippen MR) is 58.0 cm³/mol. The summed E-state index contributed by atoms with van der Waals surface area (Å²) in [5, 5.41) is 17.8. The number of rotatable bonds is 4. The average molecular weight is 259 g/mol. The molecular formula is C11H11F2NO4. The summed E-state index contributed by atoms with van der Waals surface area (Å²) >= 11 is 0. The predicted octanol–water partition coefficient (Wildman–Crippen LogP) is 1.36. The van der Waals surface area contributed by atoms with E-state index in [0.717, 1.165) is 19.1 Å². The van der Waals surface area contributed by atoms with E-state index in [0.29, 0.717) is 0 Å². The van der Waals surface area contributed by atoms with E-state index in [9.17, 15) is 18.4 Å². The molecule has 0 aliphatic carbocycles. The number of carbonyl (C=O) groups is 2. The van der Waals surface area contributed by atoms with Crippen molar-refractivity contribution >= 4 is 17.6 Å². The van der Waals surface area contributed by atoms with Crippen LogP contribution in [-0.2, 0) is 15.0 Å². The molecule has 0 amide bonds. The smallest absolute Gasteiger partial charge is 0.314 e. The highest BCUT2D eigenvalue weighted by Crippen LogP contribution is 2.35. The normalized spacial score (nSPS) is 13.9. The van der Waals surface area contributed by atoms with Crippen LogP contribution in [0.25, 0.3) is 0 Å². The molecule has 0 aromatic heterocycles. The number of halogens is 2. The van der Waals surface area contributed by atoms with E-state index in [1.54, 1.807) is 0 Å². The lowest BCUT2D eigenvalue weighted by Gasteiger charge is -2.25. The number of carboxylic acids is 2. The van der Waals surface area contributed by atoms with Crippen LogP contribution < -0.4 is 5.73 Å². The average Bonchev–Trinajstić information content (AvgIpc) is 2.22. The highest BCUT2D eigenvalue weighted by atomic mass is 19.2. The van der Waals surface area contributed by atoms with Crippen molar-refractivity contribution in [1.29, 1.82) is 0 Å². The van der Waals surface area contributed by atoms with Gasteiger partial charge in [-0.25, -0.2) is 8.78 Å². The molecule has 0 saturated heterocycles. The fourth-order valence-electron chi connectivity index (χ4n) is 1.70. The zero-order chi connectivity index (χ0) is 14.1. The fourth-order valence-corrected chi connectivity index (χ4v) is 1.70. The van der Waals surface area contributed by atoms with Crippen molar-refractivity contribution in [2.24, 2.45) is 0 Å². The molecule has 0 radical (unpaired) electrons. The third-order valence-corrected chi connectivity index (χ3v) is 2.66. The van der Waals surface area contributed by atoms with Gasteiger partial charge >= 0.3 is 11.9 Å². The number of carboxylic acid groups (broad SMARTS) is 2. The molecule has 1 aromatic rings. The van der Waals surface area contributed by atoms with Gasteiger partial charge in [-0.15, -0.1) is 0 Å². The first-order valence-corrected chi connectivity index (χ1v) is 4.89. The van der Waals surface area contributed by atoms with Crippen LogP contribution >= 0.6 is 0 Å². The topological polar surface area (TPSA) is 101 Å². The summed E-state index contributed by atoms with van der Waals surface area (Å²) in [4.78, 5) is 21.8. The summed E-state index contributed by atoms with van der Waals surface area (Å²) in [5.41, 5.74) is 2.33. The molecule has 4 N–H and O–H groups in total. The Kier molecular flexibility index (Phi) is 3.54. The first kappa shape index (κ1) is 13.9. The number of aliphatic carboxylic acids is 2. The Labute approximate surface area is 101 Å². The van der Waals surface area contributed by atoms with E-state index in [2.05, 4.69) is 0 Å². The van der Waals surface area contributed by atoms with Crippen molar-refractivity contribution in [3.8, 4) is 0 Å². The lowest BCUT2D eigenvalue weighted by Crippen LogP contribution is -2.37. The van der Waals surface area contributed by atoms with Crippen LogP contribution in [-0.4, -0.2) is 22.2 Å². The monoisotopic (exact) mass is 259 g/mol. The van der Waals surface area contributed by atoms with E-state index in [4.69, 9.17) is 15.9 Å². The molecule has 0 spiro atoms. The minimum atomic E-state index is -2.14. The van der Waals surface area contributed by atoms with E-state index in [1.165, 1.54) is 0 Å². The van der Waals surface area contributed by atoms with Crippen molar-refractivity contribution in [2.45, 2.75) is 18.8 Å². The van der Waals surface area contributed by atoms with Gasteiger partial charge in [-0.1, -0.05) is 0 Å². The van der Waals surface area contributed by atoms with Crippen molar-refractivity contribution in [1.82, 2.24) is 0 Å². The molecule has 1 aromatic carbocycles. The largest absolute Gasteiger partial charge is 0.481 e. The summed E-state index contributed by atoms with van der Waals surface area (Å²) in [6.07, 6.45) is -0.910. The Balaban J connectivity index is 3.53. The number of nitrogen functional groups attached to an aromatic ring is 1. The lowest BCUT2D eigenvalue weighted by atomic mass is 9.78. The fraction of sp³-hybridized carbons (Fsp3) is 0.273. The maximum absolute atomic E-state index is 13.7. The minimum absolute atomic E-state index is 0.306. The van der Waals surface area contributed by atoms with Gasteiger partial charge in [-0.05, 0) is 19.1 Å². The first-order valence-electron chi connectivity index (χ1n) is 4.89. The molecule has 0 bridgehead atoms. The van der Waals surface area contributed by atoms with Crippen LogP contribution in [0.5, 0.6) is 0 Å². The van der Waals surface area contributed by atoms with Crippen molar-refractivity contribution in [3.05, 3.63) is 29.3 Å². The summed E-state index contributed by atoms with van der Waals surface area (Å²) in [6, 6.07) is 1.74. The maximum Gasteiger partial charge on any atom is 0.314 e. The zero-order valence-electron chi connectivity index (χ0n) is 9.41. The lowest BCUT2D eigenvalue weighted by molar-refractivity contribution is -0.149. The number of nitrogens with two attached hydrogens (primary N) is 1. The van der Waals surface area contributed by atoms with Crippen LogP contribution in [0.2, 0.25) is 0 Å². The van der Waals surface area contributed by atoms with Gasteiger partial charge in [0.1, 0.15) is 5.41 Å². The Bertz CT molecular complexity index is 518. The van der Waals surface area contributed by atoms with Gasteiger partial charge in [-0.2, -0.15) is 0 Å². The second-order valence-electron chi connectivity index (χ2n) is 4.03. The molecule has 18 heavy (non-hydrogen) atoms. The maximum atomic E-state index is 13.7. The Morgan fingerprint density at radius 2 is 1.89 bits per heavy atom. The first-order chi connectivity index (χ1) is 8.20. The third-order valence-electron chi connectivity index (χ3n) is 2.66. The van der Waals surface area contributed by atoms with Crippen LogP contribution in [0.1, 0.15) is 18.9 Å².